The standard InChI is InChI=1S/C18H25N5/c1-3-4-10-15-22-16-17(23(15)12-7-11-20-2)13-8-5-6-9-14(13)21-18(16)19/h5-6,8-9,20H,3-4,7,10-12H2,1-2H3,(H2,19,21). The number of para-hydroxylation sites is 1. The first-order valence-electron chi connectivity index (χ1n) is 8.44. The van der Waals surface area contributed by atoms with E-state index in [-0.39, 0.29) is 0 Å². The van der Waals surface area contributed by atoms with E-state index in [2.05, 4.69) is 33.9 Å². The molecular formula is C18H25N5. The number of anilines is 1. The fraction of sp³-hybridized carbons (Fsp3) is 0.444. The van der Waals surface area contributed by atoms with Gasteiger partial charge in [0, 0.05) is 18.4 Å². The molecular weight excluding hydrogens is 286 g/mol. The summed E-state index contributed by atoms with van der Waals surface area (Å²) in [5, 5.41) is 4.35. The molecule has 122 valence electrons. The van der Waals surface area contributed by atoms with Crippen molar-refractivity contribution in [2.45, 2.75) is 39.2 Å². The molecule has 0 fully saturated rings. The van der Waals surface area contributed by atoms with Gasteiger partial charge in [-0.15, -0.1) is 0 Å². The van der Waals surface area contributed by atoms with Crippen LogP contribution in [0, 0.1) is 0 Å². The predicted octanol–water partition coefficient (Wildman–Crippen LogP) is 3.12. The average molecular weight is 311 g/mol. The summed E-state index contributed by atoms with van der Waals surface area (Å²) in [7, 11) is 1.99. The van der Waals surface area contributed by atoms with Gasteiger partial charge in [0.15, 0.2) is 5.82 Å². The van der Waals surface area contributed by atoms with Crippen molar-refractivity contribution >= 4 is 27.8 Å². The zero-order chi connectivity index (χ0) is 16.2. The van der Waals surface area contributed by atoms with Crippen LogP contribution in [0.2, 0.25) is 0 Å². The number of unbranched alkanes of at least 4 members (excludes halogenated alkanes) is 1. The molecule has 0 bridgehead atoms. The summed E-state index contributed by atoms with van der Waals surface area (Å²) in [6.07, 6.45) is 4.35. The van der Waals surface area contributed by atoms with E-state index in [4.69, 9.17) is 10.7 Å². The second-order valence-electron chi connectivity index (χ2n) is 5.95. The number of hydrogen-bond acceptors (Lipinski definition) is 4. The largest absolute Gasteiger partial charge is 0.382 e. The smallest absolute Gasteiger partial charge is 0.152 e. The summed E-state index contributed by atoms with van der Waals surface area (Å²) < 4.78 is 2.35. The summed E-state index contributed by atoms with van der Waals surface area (Å²) in [6, 6.07) is 8.18. The van der Waals surface area contributed by atoms with Gasteiger partial charge in [0.1, 0.15) is 11.3 Å². The van der Waals surface area contributed by atoms with Crippen LogP contribution in [0.25, 0.3) is 21.9 Å². The van der Waals surface area contributed by atoms with E-state index in [9.17, 15) is 0 Å². The Morgan fingerprint density at radius 1 is 1.17 bits per heavy atom. The highest BCUT2D eigenvalue weighted by Gasteiger charge is 2.16. The van der Waals surface area contributed by atoms with E-state index in [1.807, 2.05) is 19.2 Å². The SMILES string of the molecule is CCCCc1nc2c(N)nc3ccccc3c2n1CCCNC. The quantitative estimate of drug-likeness (QED) is 0.658. The lowest BCUT2D eigenvalue weighted by molar-refractivity contribution is 0.593. The minimum atomic E-state index is 0.531. The van der Waals surface area contributed by atoms with Gasteiger partial charge >= 0.3 is 0 Å². The minimum Gasteiger partial charge on any atom is -0.382 e. The van der Waals surface area contributed by atoms with Gasteiger partial charge in [-0.25, -0.2) is 9.97 Å². The molecule has 0 saturated carbocycles. The maximum Gasteiger partial charge on any atom is 0.152 e. The second kappa shape index (κ2) is 6.96. The molecule has 0 aliphatic heterocycles. The van der Waals surface area contributed by atoms with Gasteiger partial charge in [0.05, 0.1) is 11.0 Å². The van der Waals surface area contributed by atoms with Crippen LogP contribution in [0.4, 0.5) is 5.82 Å². The molecule has 3 aromatic rings. The molecule has 1 aromatic carbocycles. The number of nitrogens with one attached hydrogen (secondary N) is 1. The number of rotatable bonds is 7. The first-order chi connectivity index (χ1) is 11.3. The van der Waals surface area contributed by atoms with E-state index >= 15 is 0 Å². The van der Waals surface area contributed by atoms with Gasteiger partial charge in [-0.05, 0) is 32.5 Å². The molecule has 0 aliphatic carbocycles. The Labute approximate surface area is 136 Å². The number of nitrogen functional groups attached to an aromatic ring is 1. The lowest BCUT2D eigenvalue weighted by atomic mass is 10.2. The second-order valence-corrected chi connectivity index (χ2v) is 5.95. The van der Waals surface area contributed by atoms with Crippen LogP contribution in [0.3, 0.4) is 0 Å². The molecule has 3 N–H and O–H groups in total. The van der Waals surface area contributed by atoms with Gasteiger partial charge in [0.2, 0.25) is 0 Å². The van der Waals surface area contributed by atoms with E-state index < -0.39 is 0 Å². The number of imidazole rings is 1. The zero-order valence-electron chi connectivity index (χ0n) is 14.0. The molecule has 0 radical (unpaired) electrons. The van der Waals surface area contributed by atoms with E-state index in [1.54, 1.807) is 0 Å². The molecule has 0 atom stereocenters. The topological polar surface area (TPSA) is 68.8 Å². The maximum atomic E-state index is 6.19. The average Bonchev–Trinajstić information content (AvgIpc) is 2.93. The van der Waals surface area contributed by atoms with Crippen molar-refractivity contribution in [3.63, 3.8) is 0 Å². The Balaban J connectivity index is 2.19. The Morgan fingerprint density at radius 3 is 2.78 bits per heavy atom. The van der Waals surface area contributed by atoms with Gasteiger partial charge in [0.25, 0.3) is 0 Å². The number of fused-ring (bicyclic) bond motifs is 3. The molecule has 23 heavy (non-hydrogen) atoms. The predicted molar refractivity (Wildman–Crippen MR) is 96.6 cm³/mol. The van der Waals surface area contributed by atoms with Crippen LogP contribution in [0.15, 0.2) is 24.3 Å². The number of pyridine rings is 1. The van der Waals surface area contributed by atoms with Crippen molar-refractivity contribution < 1.29 is 0 Å². The molecule has 2 heterocycles. The van der Waals surface area contributed by atoms with Gasteiger partial charge in [-0.2, -0.15) is 0 Å². The summed E-state index contributed by atoms with van der Waals surface area (Å²) in [5.74, 6) is 1.66. The first kappa shape index (κ1) is 15.7. The molecule has 5 nitrogen and oxygen atoms in total. The third-order valence-electron chi connectivity index (χ3n) is 4.25. The van der Waals surface area contributed by atoms with Gasteiger partial charge in [-0.1, -0.05) is 31.5 Å². The number of nitrogens with two attached hydrogens (primary N) is 1. The highest BCUT2D eigenvalue weighted by atomic mass is 15.1. The molecule has 3 rings (SSSR count). The van der Waals surface area contributed by atoms with Crippen LogP contribution < -0.4 is 11.1 Å². The lowest BCUT2D eigenvalue weighted by Crippen LogP contribution is -2.12. The van der Waals surface area contributed by atoms with Gasteiger partial charge in [-0.3, -0.25) is 0 Å². The number of aromatic nitrogens is 3. The molecule has 2 aromatic heterocycles. The summed E-state index contributed by atoms with van der Waals surface area (Å²) in [5.41, 5.74) is 9.11. The molecule has 0 unspecified atom stereocenters. The van der Waals surface area contributed by atoms with Crippen LogP contribution >= 0.6 is 0 Å². The van der Waals surface area contributed by atoms with E-state index in [0.717, 1.165) is 66.5 Å². The van der Waals surface area contributed by atoms with Crippen LogP contribution in [-0.4, -0.2) is 28.1 Å². The van der Waals surface area contributed by atoms with Crippen molar-refractivity contribution in [1.82, 2.24) is 19.9 Å². The maximum absolute atomic E-state index is 6.19. The molecule has 0 amide bonds. The van der Waals surface area contributed by atoms with Crippen LogP contribution in [-0.2, 0) is 13.0 Å². The fourth-order valence-corrected chi connectivity index (χ4v) is 3.09. The van der Waals surface area contributed by atoms with Crippen LogP contribution in [0.1, 0.15) is 32.0 Å². The highest BCUT2D eigenvalue weighted by molar-refractivity contribution is 6.06. The number of benzene rings is 1. The lowest BCUT2D eigenvalue weighted by Gasteiger charge is -2.10. The zero-order valence-corrected chi connectivity index (χ0v) is 14.0. The Morgan fingerprint density at radius 2 is 2.00 bits per heavy atom. The first-order valence-corrected chi connectivity index (χ1v) is 8.44. The fourth-order valence-electron chi connectivity index (χ4n) is 3.09. The van der Waals surface area contributed by atoms with E-state index in [1.165, 1.54) is 0 Å². The highest BCUT2D eigenvalue weighted by Crippen LogP contribution is 2.29. The number of nitrogens with zero attached hydrogens (tertiary/aromatic N) is 3. The minimum absolute atomic E-state index is 0.531. The number of hydrogen-bond donors (Lipinski definition) is 2. The van der Waals surface area contributed by atoms with Crippen molar-refractivity contribution in [1.29, 1.82) is 0 Å². The normalized spacial score (nSPS) is 11.6. The van der Waals surface area contributed by atoms with Crippen molar-refractivity contribution in [3.8, 4) is 0 Å². The Kier molecular flexibility index (Phi) is 4.76. The summed E-state index contributed by atoms with van der Waals surface area (Å²) in [4.78, 5) is 9.36. The van der Waals surface area contributed by atoms with Crippen molar-refractivity contribution in [2.24, 2.45) is 0 Å². The van der Waals surface area contributed by atoms with Crippen molar-refractivity contribution in [2.75, 3.05) is 19.3 Å². The number of aryl methyl sites for hydroxylation is 2. The summed E-state index contributed by atoms with van der Waals surface area (Å²) >= 11 is 0. The van der Waals surface area contributed by atoms with Crippen LogP contribution in [0.5, 0.6) is 0 Å². The molecule has 0 saturated heterocycles. The third kappa shape index (κ3) is 3.01. The molecule has 0 aliphatic rings. The van der Waals surface area contributed by atoms with Crippen molar-refractivity contribution in [3.05, 3.63) is 30.1 Å². The summed E-state index contributed by atoms with van der Waals surface area (Å²) in [6.45, 7) is 4.15. The Bertz CT molecular complexity index is 806. The monoisotopic (exact) mass is 311 g/mol. The molecule has 0 spiro atoms. The van der Waals surface area contributed by atoms with E-state index in [0.29, 0.717) is 5.82 Å². The third-order valence-corrected chi connectivity index (χ3v) is 4.25. The Hall–Kier alpha value is -2.14. The van der Waals surface area contributed by atoms with Gasteiger partial charge < -0.3 is 15.6 Å². The molecule has 5 heteroatoms.